The lowest BCUT2D eigenvalue weighted by molar-refractivity contribution is 0.436. The van der Waals surface area contributed by atoms with Crippen LogP contribution in [0.25, 0.3) is 22.5 Å². The molecule has 0 spiro atoms. The molecule has 5 heteroatoms. The first kappa shape index (κ1) is 13.2. The SMILES string of the molecule is Cc1ccccc1-c1c(N)noc1-c1ccn(C)c(=O)c1. The summed E-state index contributed by atoms with van der Waals surface area (Å²) in [5.74, 6) is 0.833. The third-order valence-corrected chi connectivity index (χ3v) is 3.50. The van der Waals surface area contributed by atoms with Crippen LogP contribution in [0.2, 0.25) is 0 Å². The number of nitrogens with two attached hydrogens (primary N) is 1. The lowest BCUT2D eigenvalue weighted by Crippen LogP contribution is -2.14. The maximum atomic E-state index is 11.8. The number of nitrogen functional groups attached to an aromatic ring is 1. The summed E-state index contributed by atoms with van der Waals surface area (Å²) in [4.78, 5) is 11.8. The van der Waals surface area contributed by atoms with Crippen molar-refractivity contribution in [1.82, 2.24) is 9.72 Å². The Kier molecular flexibility index (Phi) is 3.10. The maximum absolute atomic E-state index is 11.8. The van der Waals surface area contributed by atoms with Gasteiger partial charge in [-0.3, -0.25) is 4.79 Å². The van der Waals surface area contributed by atoms with Gasteiger partial charge in [-0.25, -0.2) is 0 Å². The Bertz CT molecular complexity index is 862. The van der Waals surface area contributed by atoms with Crippen molar-refractivity contribution < 1.29 is 4.52 Å². The van der Waals surface area contributed by atoms with Gasteiger partial charge >= 0.3 is 0 Å². The molecule has 1 aromatic carbocycles. The van der Waals surface area contributed by atoms with Gasteiger partial charge in [-0.05, 0) is 24.1 Å². The van der Waals surface area contributed by atoms with E-state index in [0.717, 1.165) is 16.7 Å². The minimum Gasteiger partial charge on any atom is -0.380 e. The van der Waals surface area contributed by atoms with E-state index in [1.165, 1.54) is 10.6 Å². The molecule has 0 fully saturated rings. The Hall–Kier alpha value is -2.82. The maximum Gasteiger partial charge on any atom is 0.250 e. The number of hydrogen-bond acceptors (Lipinski definition) is 4. The van der Waals surface area contributed by atoms with Gasteiger partial charge in [-0.15, -0.1) is 0 Å². The largest absolute Gasteiger partial charge is 0.380 e. The van der Waals surface area contributed by atoms with Crippen LogP contribution in [0.15, 0.2) is 51.9 Å². The minimum atomic E-state index is -0.113. The third-order valence-electron chi connectivity index (χ3n) is 3.50. The standard InChI is InChI=1S/C16H15N3O2/c1-10-5-3-4-6-12(10)14-15(21-18-16(14)17)11-7-8-19(2)13(20)9-11/h3-9H,1-2H3,(H2,17,18). The van der Waals surface area contributed by atoms with Crippen molar-refractivity contribution >= 4 is 5.82 Å². The van der Waals surface area contributed by atoms with Crippen LogP contribution in [-0.4, -0.2) is 9.72 Å². The van der Waals surface area contributed by atoms with Crippen LogP contribution in [0, 0.1) is 6.92 Å². The molecule has 0 saturated carbocycles. The van der Waals surface area contributed by atoms with Crippen LogP contribution in [0.1, 0.15) is 5.56 Å². The molecule has 2 N–H and O–H groups in total. The molecule has 0 unspecified atom stereocenters. The molecule has 0 atom stereocenters. The van der Waals surface area contributed by atoms with E-state index in [4.69, 9.17) is 10.3 Å². The molecule has 0 saturated heterocycles. The molecule has 0 amide bonds. The zero-order valence-corrected chi connectivity index (χ0v) is 11.8. The Labute approximate surface area is 121 Å². The fourth-order valence-electron chi connectivity index (χ4n) is 2.30. The molecule has 3 aromatic rings. The lowest BCUT2D eigenvalue weighted by atomic mass is 9.98. The Morgan fingerprint density at radius 3 is 2.71 bits per heavy atom. The smallest absolute Gasteiger partial charge is 0.250 e. The summed E-state index contributed by atoms with van der Waals surface area (Å²) in [5, 5.41) is 3.86. The van der Waals surface area contributed by atoms with Crippen LogP contribution in [0.5, 0.6) is 0 Å². The Balaban J connectivity index is 2.24. The molecule has 0 aliphatic carbocycles. The molecule has 3 rings (SSSR count). The first-order valence-corrected chi connectivity index (χ1v) is 6.56. The second-order valence-electron chi connectivity index (χ2n) is 4.95. The van der Waals surface area contributed by atoms with Gasteiger partial charge in [0.05, 0.1) is 5.56 Å². The summed E-state index contributed by atoms with van der Waals surface area (Å²) in [7, 11) is 1.70. The lowest BCUT2D eigenvalue weighted by Gasteiger charge is -2.06. The first-order valence-electron chi connectivity index (χ1n) is 6.56. The van der Waals surface area contributed by atoms with Crippen molar-refractivity contribution in [3.63, 3.8) is 0 Å². The average molecular weight is 281 g/mol. The number of benzene rings is 1. The van der Waals surface area contributed by atoms with Crippen LogP contribution < -0.4 is 11.3 Å². The normalized spacial score (nSPS) is 10.8. The molecule has 0 bridgehead atoms. The molecule has 5 nitrogen and oxygen atoms in total. The number of hydrogen-bond donors (Lipinski definition) is 1. The van der Waals surface area contributed by atoms with Crippen molar-refractivity contribution in [1.29, 1.82) is 0 Å². The van der Waals surface area contributed by atoms with Crippen LogP contribution in [0.3, 0.4) is 0 Å². The Morgan fingerprint density at radius 2 is 2.00 bits per heavy atom. The number of nitrogens with zero attached hydrogens (tertiary/aromatic N) is 2. The number of aromatic nitrogens is 2. The van der Waals surface area contributed by atoms with E-state index in [1.807, 2.05) is 37.3 Å². The van der Waals surface area contributed by atoms with Crippen molar-refractivity contribution in [2.75, 3.05) is 5.73 Å². The molecule has 2 heterocycles. The summed E-state index contributed by atoms with van der Waals surface area (Å²) >= 11 is 0. The second kappa shape index (κ2) is 4.94. The summed E-state index contributed by atoms with van der Waals surface area (Å²) in [6, 6.07) is 11.2. The van der Waals surface area contributed by atoms with E-state index in [2.05, 4.69) is 5.16 Å². The van der Waals surface area contributed by atoms with Gasteiger partial charge in [0.1, 0.15) is 0 Å². The van der Waals surface area contributed by atoms with E-state index in [9.17, 15) is 4.79 Å². The number of anilines is 1. The highest BCUT2D eigenvalue weighted by molar-refractivity contribution is 5.87. The predicted octanol–water partition coefficient (Wildman–Crippen LogP) is 2.60. The van der Waals surface area contributed by atoms with Gasteiger partial charge in [0.2, 0.25) is 0 Å². The van der Waals surface area contributed by atoms with Gasteiger partial charge in [0, 0.05) is 24.9 Å². The zero-order chi connectivity index (χ0) is 15.0. The average Bonchev–Trinajstić information content (AvgIpc) is 2.84. The molecule has 2 aromatic heterocycles. The summed E-state index contributed by atoms with van der Waals surface area (Å²) in [5.41, 5.74) is 9.26. The van der Waals surface area contributed by atoms with Gasteiger partial charge in [0.25, 0.3) is 5.56 Å². The molecule has 21 heavy (non-hydrogen) atoms. The minimum absolute atomic E-state index is 0.113. The highest BCUT2D eigenvalue weighted by Crippen LogP contribution is 2.37. The van der Waals surface area contributed by atoms with Crippen LogP contribution in [-0.2, 0) is 7.05 Å². The predicted molar refractivity (Wildman–Crippen MR) is 81.8 cm³/mol. The van der Waals surface area contributed by atoms with Crippen molar-refractivity contribution in [3.8, 4) is 22.5 Å². The van der Waals surface area contributed by atoms with E-state index < -0.39 is 0 Å². The fourth-order valence-corrected chi connectivity index (χ4v) is 2.30. The topological polar surface area (TPSA) is 74.0 Å². The summed E-state index contributed by atoms with van der Waals surface area (Å²) < 4.78 is 6.86. The van der Waals surface area contributed by atoms with Gasteiger partial charge in [0.15, 0.2) is 11.6 Å². The van der Waals surface area contributed by atoms with E-state index in [0.29, 0.717) is 17.1 Å². The van der Waals surface area contributed by atoms with Gasteiger partial charge < -0.3 is 14.8 Å². The number of rotatable bonds is 2. The van der Waals surface area contributed by atoms with Crippen molar-refractivity contribution in [2.24, 2.45) is 7.05 Å². The van der Waals surface area contributed by atoms with Gasteiger partial charge in [-0.2, -0.15) is 0 Å². The van der Waals surface area contributed by atoms with E-state index in [1.54, 1.807) is 13.2 Å². The van der Waals surface area contributed by atoms with E-state index >= 15 is 0 Å². The summed E-state index contributed by atoms with van der Waals surface area (Å²) in [6.45, 7) is 2.00. The fraction of sp³-hybridized carbons (Fsp3) is 0.125. The number of pyridine rings is 1. The molecule has 106 valence electrons. The van der Waals surface area contributed by atoms with Crippen LogP contribution >= 0.6 is 0 Å². The number of aryl methyl sites for hydroxylation is 2. The van der Waals surface area contributed by atoms with Crippen molar-refractivity contribution in [3.05, 3.63) is 58.5 Å². The quantitative estimate of drug-likeness (QED) is 0.783. The molecular formula is C16H15N3O2. The monoisotopic (exact) mass is 281 g/mol. The third kappa shape index (κ3) is 2.23. The van der Waals surface area contributed by atoms with Crippen LogP contribution in [0.4, 0.5) is 5.82 Å². The van der Waals surface area contributed by atoms with E-state index in [-0.39, 0.29) is 5.56 Å². The molecule has 0 aliphatic heterocycles. The first-order chi connectivity index (χ1) is 10.1. The second-order valence-corrected chi connectivity index (χ2v) is 4.95. The summed E-state index contributed by atoms with van der Waals surface area (Å²) in [6.07, 6.45) is 1.69. The van der Waals surface area contributed by atoms with Crippen molar-refractivity contribution in [2.45, 2.75) is 6.92 Å². The Morgan fingerprint density at radius 1 is 1.24 bits per heavy atom. The highest BCUT2D eigenvalue weighted by atomic mass is 16.5. The zero-order valence-electron chi connectivity index (χ0n) is 11.8. The molecule has 0 radical (unpaired) electrons. The molecular weight excluding hydrogens is 266 g/mol. The highest BCUT2D eigenvalue weighted by Gasteiger charge is 2.19. The van der Waals surface area contributed by atoms with Gasteiger partial charge in [-0.1, -0.05) is 29.4 Å². The molecule has 0 aliphatic rings.